The van der Waals surface area contributed by atoms with Gasteiger partial charge in [0, 0.05) is 24.7 Å². The van der Waals surface area contributed by atoms with Crippen molar-refractivity contribution in [3.63, 3.8) is 0 Å². The van der Waals surface area contributed by atoms with Crippen LogP contribution < -0.4 is 27.0 Å². The maximum atomic E-state index is 13.0. The van der Waals surface area contributed by atoms with Crippen LogP contribution in [0.25, 0.3) is 0 Å². The van der Waals surface area contributed by atoms with Gasteiger partial charge in [-0.2, -0.15) is 0 Å². The molecule has 0 aromatic heterocycles. The van der Waals surface area contributed by atoms with E-state index in [4.69, 9.17) is 10.5 Å². The number of nitrogens with one attached hydrogen (secondary N) is 4. The van der Waals surface area contributed by atoms with Crippen LogP contribution in [-0.4, -0.2) is 48.5 Å². The molecule has 1 aromatic rings. The highest BCUT2D eigenvalue weighted by atomic mass is 16.5. The number of primary amides is 1. The first-order chi connectivity index (χ1) is 16.0. The number of carbonyl (C=O) groups is 4. The van der Waals surface area contributed by atoms with Gasteiger partial charge in [0.05, 0.1) is 6.04 Å². The minimum atomic E-state index is -0.803. The number of carbonyl (C=O) groups excluding carboxylic acids is 4. The Morgan fingerprint density at radius 1 is 1.00 bits per heavy atom. The maximum Gasteiger partial charge on any atom is 0.312 e. The van der Waals surface area contributed by atoms with Crippen molar-refractivity contribution in [3.05, 3.63) is 29.8 Å². The summed E-state index contributed by atoms with van der Waals surface area (Å²) >= 11 is 0. The number of hydrogen-bond acceptors (Lipinski definition) is 6. The molecule has 10 nitrogen and oxygen atoms in total. The van der Waals surface area contributed by atoms with Crippen LogP contribution in [-0.2, 0) is 25.7 Å². The Labute approximate surface area is 201 Å². The standard InChI is InChI=1S/C24H39N5O5/c1-6-20(30)34-14-17-9-11-18(12-10-17)28-22(31)19(8-7-13-26-24(25)33)29-23(32)21(15(2)3)27-16(4)5/h9-12,15-16,19,21,27H,6-8,13-14H2,1-5H3,(H,28,31)(H,29,32)(H3,25,26,33)/t19-,21-/m0/s1. The van der Waals surface area contributed by atoms with Gasteiger partial charge in [0.1, 0.15) is 12.6 Å². The molecule has 0 saturated heterocycles. The lowest BCUT2D eigenvalue weighted by molar-refractivity contribution is -0.144. The Morgan fingerprint density at radius 3 is 2.18 bits per heavy atom. The van der Waals surface area contributed by atoms with Crippen LogP contribution >= 0.6 is 0 Å². The third-order valence-corrected chi connectivity index (χ3v) is 4.97. The van der Waals surface area contributed by atoms with E-state index in [2.05, 4.69) is 21.3 Å². The molecular formula is C24H39N5O5. The van der Waals surface area contributed by atoms with Gasteiger partial charge in [-0.05, 0) is 36.5 Å². The number of nitrogens with two attached hydrogens (primary N) is 1. The average Bonchev–Trinajstić information content (AvgIpc) is 2.77. The van der Waals surface area contributed by atoms with Crippen molar-refractivity contribution in [2.75, 3.05) is 11.9 Å². The largest absolute Gasteiger partial charge is 0.461 e. The normalized spacial score (nSPS) is 12.7. The first kappa shape index (κ1) is 28.9. The van der Waals surface area contributed by atoms with Gasteiger partial charge in [-0.25, -0.2) is 4.79 Å². The number of esters is 1. The molecule has 0 fully saturated rings. The third kappa shape index (κ3) is 11.1. The minimum absolute atomic E-state index is 0.0250. The van der Waals surface area contributed by atoms with Crippen LogP contribution in [0.15, 0.2) is 24.3 Å². The number of amides is 4. The van der Waals surface area contributed by atoms with Crippen LogP contribution in [0.3, 0.4) is 0 Å². The van der Waals surface area contributed by atoms with Gasteiger partial charge in [0.25, 0.3) is 0 Å². The molecule has 4 amide bonds. The molecule has 0 aliphatic carbocycles. The average molecular weight is 478 g/mol. The maximum absolute atomic E-state index is 13.0. The third-order valence-electron chi connectivity index (χ3n) is 4.97. The summed E-state index contributed by atoms with van der Waals surface area (Å²) in [6.07, 6.45) is 1.07. The van der Waals surface area contributed by atoms with E-state index in [-0.39, 0.29) is 42.9 Å². The van der Waals surface area contributed by atoms with E-state index in [1.165, 1.54) is 0 Å². The molecule has 1 aromatic carbocycles. The second kappa shape index (κ2) is 14.9. The lowest BCUT2D eigenvalue weighted by atomic mass is 10.0. The molecule has 2 atom stereocenters. The van der Waals surface area contributed by atoms with Gasteiger partial charge < -0.3 is 31.7 Å². The predicted molar refractivity (Wildman–Crippen MR) is 131 cm³/mol. The molecule has 0 aliphatic rings. The van der Waals surface area contributed by atoms with E-state index in [0.717, 1.165) is 5.56 Å². The zero-order valence-electron chi connectivity index (χ0n) is 20.8. The SMILES string of the molecule is CCC(=O)OCc1ccc(NC(=O)[C@H](CCCNC(N)=O)NC(=O)[C@@H](NC(C)C)C(C)C)cc1. The van der Waals surface area contributed by atoms with Crippen LogP contribution in [0.5, 0.6) is 0 Å². The van der Waals surface area contributed by atoms with E-state index in [9.17, 15) is 19.2 Å². The zero-order chi connectivity index (χ0) is 25.7. The second-order valence-electron chi connectivity index (χ2n) is 8.74. The predicted octanol–water partition coefficient (Wildman–Crippen LogP) is 2.03. The van der Waals surface area contributed by atoms with Crippen LogP contribution in [0.1, 0.15) is 59.4 Å². The van der Waals surface area contributed by atoms with Crippen LogP contribution in [0, 0.1) is 5.92 Å². The number of urea groups is 1. The molecule has 0 bridgehead atoms. The topological polar surface area (TPSA) is 152 Å². The summed E-state index contributed by atoms with van der Waals surface area (Å²) in [6.45, 7) is 9.95. The second-order valence-corrected chi connectivity index (χ2v) is 8.74. The van der Waals surface area contributed by atoms with Crippen molar-refractivity contribution < 1.29 is 23.9 Å². The fourth-order valence-electron chi connectivity index (χ4n) is 3.16. The van der Waals surface area contributed by atoms with E-state index >= 15 is 0 Å². The molecule has 0 heterocycles. The summed E-state index contributed by atoms with van der Waals surface area (Å²) in [7, 11) is 0. The molecular weight excluding hydrogens is 438 g/mol. The summed E-state index contributed by atoms with van der Waals surface area (Å²) < 4.78 is 5.10. The number of anilines is 1. The summed E-state index contributed by atoms with van der Waals surface area (Å²) in [5.74, 6) is -0.894. The number of rotatable bonds is 14. The quantitative estimate of drug-likeness (QED) is 0.204. The van der Waals surface area contributed by atoms with Crippen molar-refractivity contribution in [1.29, 1.82) is 0 Å². The molecule has 1 rings (SSSR count). The van der Waals surface area contributed by atoms with Crippen molar-refractivity contribution >= 4 is 29.5 Å². The fourth-order valence-corrected chi connectivity index (χ4v) is 3.16. The van der Waals surface area contributed by atoms with Gasteiger partial charge in [-0.1, -0.05) is 46.8 Å². The summed E-state index contributed by atoms with van der Waals surface area (Å²) in [6, 6.07) is 5.12. The first-order valence-electron chi connectivity index (χ1n) is 11.7. The van der Waals surface area contributed by atoms with E-state index in [1.807, 2.05) is 27.7 Å². The zero-order valence-corrected chi connectivity index (χ0v) is 20.8. The molecule has 10 heteroatoms. The molecule has 0 aliphatic heterocycles. The van der Waals surface area contributed by atoms with Crippen molar-refractivity contribution in [3.8, 4) is 0 Å². The Kier molecular flexibility index (Phi) is 12.7. The summed E-state index contributed by atoms with van der Waals surface area (Å²) in [5.41, 5.74) is 6.43. The summed E-state index contributed by atoms with van der Waals surface area (Å²) in [4.78, 5) is 48.2. The minimum Gasteiger partial charge on any atom is -0.461 e. The Hall–Kier alpha value is -3.14. The highest BCUT2D eigenvalue weighted by molar-refractivity contribution is 5.97. The lowest BCUT2D eigenvalue weighted by Gasteiger charge is -2.27. The smallest absolute Gasteiger partial charge is 0.312 e. The monoisotopic (exact) mass is 477 g/mol. The van der Waals surface area contributed by atoms with Gasteiger partial charge in [-0.3, -0.25) is 14.4 Å². The highest BCUT2D eigenvalue weighted by Gasteiger charge is 2.27. The molecule has 0 unspecified atom stereocenters. The lowest BCUT2D eigenvalue weighted by Crippen LogP contribution is -2.54. The number of ether oxygens (including phenoxy) is 1. The first-order valence-corrected chi connectivity index (χ1v) is 11.7. The van der Waals surface area contributed by atoms with E-state index in [0.29, 0.717) is 24.9 Å². The fraction of sp³-hybridized carbons (Fsp3) is 0.583. The van der Waals surface area contributed by atoms with Crippen molar-refractivity contribution in [2.45, 2.75) is 78.6 Å². The molecule has 0 radical (unpaired) electrons. The Morgan fingerprint density at radius 2 is 1.65 bits per heavy atom. The molecule has 0 spiro atoms. The number of benzene rings is 1. The summed E-state index contributed by atoms with van der Waals surface area (Å²) in [5, 5.41) is 11.4. The van der Waals surface area contributed by atoms with E-state index in [1.54, 1.807) is 31.2 Å². The Bertz CT molecular complexity index is 810. The van der Waals surface area contributed by atoms with Crippen LogP contribution in [0.2, 0.25) is 0 Å². The van der Waals surface area contributed by atoms with Gasteiger partial charge in [-0.15, -0.1) is 0 Å². The molecule has 0 saturated carbocycles. The van der Waals surface area contributed by atoms with Gasteiger partial charge in [0.15, 0.2) is 0 Å². The van der Waals surface area contributed by atoms with E-state index < -0.39 is 18.1 Å². The van der Waals surface area contributed by atoms with Crippen molar-refractivity contribution in [1.82, 2.24) is 16.0 Å². The molecule has 190 valence electrons. The highest BCUT2D eigenvalue weighted by Crippen LogP contribution is 2.13. The molecule has 34 heavy (non-hydrogen) atoms. The van der Waals surface area contributed by atoms with Gasteiger partial charge in [0.2, 0.25) is 11.8 Å². The van der Waals surface area contributed by atoms with Crippen molar-refractivity contribution in [2.24, 2.45) is 11.7 Å². The van der Waals surface area contributed by atoms with Gasteiger partial charge >= 0.3 is 12.0 Å². The Balaban J connectivity index is 2.85. The van der Waals surface area contributed by atoms with Crippen LogP contribution in [0.4, 0.5) is 10.5 Å². The molecule has 6 N–H and O–H groups in total. The number of hydrogen-bond donors (Lipinski definition) is 5.